The van der Waals surface area contributed by atoms with Crippen LogP contribution in [0.25, 0.3) is 0 Å². The largest absolute Gasteiger partial charge is 0.396 e. The van der Waals surface area contributed by atoms with Crippen LogP contribution in [-0.4, -0.2) is 47.5 Å². The Morgan fingerprint density at radius 3 is 2.08 bits per heavy atom. The van der Waals surface area contributed by atoms with Gasteiger partial charge in [0.2, 0.25) is 0 Å². The summed E-state index contributed by atoms with van der Waals surface area (Å²) in [7, 11) is 0. The summed E-state index contributed by atoms with van der Waals surface area (Å²) in [5.74, 6) is 0. The van der Waals surface area contributed by atoms with Crippen molar-refractivity contribution in [2.24, 2.45) is 0 Å². The second-order valence-corrected chi connectivity index (χ2v) is 3.80. The minimum absolute atomic E-state index is 0.181. The third-order valence-corrected chi connectivity index (χ3v) is 2.83. The highest BCUT2D eigenvalue weighted by molar-refractivity contribution is 4.72. The van der Waals surface area contributed by atoms with Gasteiger partial charge < -0.3 is 10.2 Å². The molecule has 3 nitrogen and oxygen atoms in total. The lowest BCUT2D eigenvalue weighted by atomic mass is 10.2. The molecule has 1 saturated heterocycles. The molecule has 13 heavy (non-hydrogen) atoms. The van der Waals surface area contributed by atoms with Gasteiger partial charge in [-0.25, -0.2) is 0 Å². The molecule has 0 amide bonds. The predicted octanol–water partition coefficient (Wildman–Crippen LogP) is 0.606. The fraction of sp³-hybridized carbons (Fsp3) is 1.00. The molecule has 1 fully saturated rings. The highest BCUT2D eigenvalue weighted by Crippen LogP contribution is 2.13. The van der Waals surface area contributed by atoms with Crippen LogP contribution in [0.1, 0.15) is 32.1 Å². The number of aliphatic hydroxyl groups excluding tert-OH is 2. The van der Waals surface area contributed by atoms with E-state index in [1.807, 2.05) is 0 Å². The maximum Gasteiger partial charge on any atom is 0.0587 e. The Morgan fingerprint density at radius 2 is 1.62 bits per heavy atom. The SMILES string of the molecule is OCCC(CO)N1CCCCCC1. The molecular weight excluding hydrogens is 166 g/mol. The van der Waals surface area contributed by atoms with Crippen LogP contribution in [0.5, 0.6) is 0 Å². The van der Waals surface area contributed by atoms with Gasteiger partial charge in [-0.2, -0.15) is 0 Å². The number of nitrogens with zero attached hydrogens (tertiary/aromatic N) is 1. The van der Waals surface area contributed by atoms with Crippen molar-refractivity contribution in [2.75, 3.05) is 26.3 Å². The molecular formula is C10H21NO2. The smallest absolute Gasteiger partial charge is 0.0587 e. The Bertz CT molecular complexity index is 122. The van der Waals surface area contributed by atoms with Gasteiger partial charge in [0.05, 0.1) is 6.61 Å². The summed E-state index contributed by atoms with van der Waals surface area (Å²) in [5.41, 5.74) is 0. The van der Waals surface area contributed by atoms with E-state index in [0.717, 1.165) is 13.1 Å². The quantitative estimate of drug-likeness (QED) is 0.677. The molecule has 1 aliphatic rings. The molecule has 78 valence electrons. The van der Waals surface area contributed by atoms with Crippen LogP contribution < -0.4 is 0 Å². The molecule has 3 heteroatoms. The van der Waals surface area contributed by atoms with Gasteiger partial charge in [0, 0.05) is 12.6 Å². The fourth-order valence-corrected chi connectivity index (χ4v) is 2.00. The fourth-order valence-electron chi connectivity index (χ4n) is 2.00. The lowest BCUT2D eigenvalue weighted by Gasteiger charge is -2.28. The molecule has 1 unspecified atom stereocenters. The first-order chi connectivity index (χ1) is 6.38. The van der Waals surface area contributed by atoms with E-state index in [0.29, 0.717) is 6.42 Å². The molecule has 1 aliphatic heterocycles. The number of rotatable bonds is 4. The van der Waals surface area contributed by atoms with Gasteiger partial charge in [0.15, 0.2) is 0 Å². The standard InChI is InChI=1S/C10H21NO2/c12-8-5-10(9-13)11-6-3-1-2-4-7-11/h10,12-13H,1-9H2. The normalized spacial score (nSPS) is 22.6. The van der Waals surface area contributed by atoms with E-state index >= 15 is 0 Å². The summed E-state index contributed by atoms with van der Waals surface area (Å²) < 4.78 is 0. The minimum Gasteiger partial charge on any atom is -0.396 e. The van der Waals surface area contributed by atoms with Crippen LogP contribution >= 0.6 is 0 Å². The summed E-state index contributed by atoms with van der Waals surface area (Å²) >= 11 is 0. The number of aliphatic hydroxyl groups is 2. The lowest BCUT2D eigenvalue weighted by Crippen LogP contribution is -2.39. The first-order valence-corrected chi connectivity index (χ1v) is 5.34. The molecule has 0 bridgehead atoms. The second kappa shape index (κ2) is 6.35. The Kier molecular flexibility index (Phi) is 5.35. The minimum atomic E-state index is 0.181. The van der Waals surface area contributed by atoms with Crippen LogP contribution in [0.2, 0.25) is 0 Å². The number of hydrogen-bond donors (Lipinski definition) is 2. The van der Waals surface area contributed by atoms with Crippen LogP contribution in [0.4, 0.5) is 0 Å². The summed E-state index contributed by atoms with van der Waals surface area (Å²) in [6.45, 7) is 2.54. The van der Waals surface area contributed by atoms with E-state index in [4.69, 9.17) is 10.2 Å². The number of hydrogen-bond acceptors (Lipinski definition) is 3. The average molecular weight is 187 g/mol. The molecule has 1 rings (SSSR count). The molecule has 0 spiro atoms. The van der Waals surface area contributed by atoms with Crippen molar-refractivity contribution in [3.63, 3.8) is 0 Å². The zero-order valence-corrected chi connectivity index (χ0v) is 8.28. The molecule has 0 aromatic carbocycles. The maximum absolute atomic E-state index is 9.15. The van der Waals surface area contributed by atoms with Gasteiger partial charge in [0.1, 0.15) is 0 Å². The summed E-state index contributed by atoms with van der Waals surface area (Å²) in [4.78, 5) is 2.32. The highest BCUT2D eigenvalue weighted by Gasteiger charge is 2.17. The third kappa shape index (κ3) is 3.63. The zero-order valence-electron chi connectivity index (χ0n) is 8.28. The van der Waals surface area contributed by atoms with Crippen LogP contribution in [-0.2, 0) is 0 Å². The highest BCUT2D eigenvalue weighted by atomic mass is 16.3. The van der Waals surface area contributed by atoms with E-state index in [-0.39, 0.29) is 19.3 Å². The average Bonchev–Trinajstić information content (AvgIpc) is 2.42. The van der Waals surface area contributed by atoms with E-state index in [9.17, 15) is 0 Å². The van der Waals surface area contributed by atoms with Crippen molar-refractivity contribution in [2.45, 2.75) is 38.1 Å². The van der Waals surface area contributed by atoms with Crippen molar-refractivity contribution in [3.8, 4) is 0 Å². The first-order valence-electron chi connectivity index (χ1n) is 5.34. The Balaban J connectivity index is 2.35. The molecule has 0 aliphatic carbocycles. The molecule has 1 heterocycles. The summed E-state index contributed by atoms with van der Waals surface area (Å²) in [6, 6.07) is 0.183. The monoisotopic (exact) mass is 187 g/mol. The zero-order chi connectivity index (χ0) is 9.52. The van der Waals surface area contributed by atoms with E-state index in [1.165, 1.54) is 25.7 Å². The van der Waals surface area contributed by atoms with Gasteiger partial charge in [0.25, 0.3) is 0 Å². The Morgan fingerprint density at radius 1 is 1.00 bits per heavy atom. The van der Waals surface area contributed by atoms with Crippen molar-refractivity contribution in [1.82, 2.24) is 4.90 Å². The van der Waals surface area contributed by atoms with Crippen LogP contribution in [0, 0.1) is 0 Å². The van der Waals surface area contributed by atoms with Gasteiger partial charge in [-0.15, -0.1) is 0 Å². The van der Waals surface area contributed by atoms with Gasteiger partial charge >= 0.3 is 0 Å². The van der Waals surface area contributed by atoms with Crippen molar-refractivity contribution < 1.29 is 10.2 Å². The molecule has 2 N–H and O–H groups in total. The van der Waals surface area contributed by atoms with Gasteiger partial charge in [-0.05, 0) is 32.4 Å². The van der Waals surface area contributed by atoms with Crippen LogP contribution in [0.3, 0.4) is 0 Å². The maximum atomic E-state index is 9.15. The van der Waals surface area contributed by atoms with Crippen molar-refractivity contribution in [1.29, 1.82) is 0 Å². The van der Waals surface area contributed by atoms with Crippen molar-refractivity contribution in [3.05, 3.63) is 0 Å². The van der Waals surface area contributed by atoms with Gasteiger partial charge in [-0.1, -0.05) is 12.8 Å². The Labute approximate surface area is 80.4 Å². The molecule has 1 atom stereocenters. The molecule has 0 aromatic heterocycles. The topological polar surface area (TPSA) is 43.7 Å². The van der Waals surface area contributed by atoms with Crippen LogP contribution in [0.15, 0.2) is 0 Å². The first kappa shape index (κ1) is 11.0. The van der Waals surface area contributed by atoms with Gasteiger partial charge in [-0.3, -0.25) is 4.90 Å². The summed E-state index contributed by atoms with van der Waals surface area (Å²) in [6.07, 6.45) is 5.81. The Hall–Kier alpha value is -0.120. The van der Waals surface area contributed by atoms with E-state index in [1.54, 1.807) is 0 Å². The second-order valence-electron chi connectivity index (χ2n) is 3.80. The third-order valence-electron chi connectivity index (χ3n) is 2.83. The predicted molar refractivity (Wildman–Crippen MR) is 52.6 cm³/mol. The number of likely N-dealkylation sites (tertiary alicyclic amines) is 1. The molecule has 0 radical (unpaired) electrons. The van der Waals surface area contributed by atoms with Crippen molar-refractivity contribution >= 4 is 0 Å². The summed E-state index contributed by atoms with van der Waals surface area (Å²) in [5, 5.41) is 18.0. The molecule has 0 aromatic rings. The van der Waals surface area contributed by atoms with E-state index in [2.05, 4.69) is 4.90 Å². The lowest BCUT2D eigenvalue weighted by molar-refractivity contribution is 0.102. The van der Waals surface area contributed by atoms with E-state index < -0.39 is 0 Å². The molecule has 0 saturated carbocycles.